The molecule has 7 rings (SSSR count). The van der Waals surface area contributed by atoms with Crippen LogP contribution < -0.4 is 20.9 Å². The Bertz CT molecular complexity index is 1520. The molecule has 0 radical (unpaired) electrons. The first kappa shape index (κ1) is 30.3. The zero-order valence-electron chi connectivity index (χ0n) is 25.9. The Morgan fingerprint density at radius 1 is 0.844 bits per heavy atom. The quantitative estimate of drug-likeness (QED) is 0.345. The van der Waals surface area contributed by atoms with Crippen LogP contribution in [0.3, 0.4) is 0 Å². The number of aryl methyl sites for hydroxylation is 1. The number of halogens is 1. The van der Waals surface area contributed by atoms with Gasteiger partial charge in [0.1, 0.15) is 6.04 Å². The minimum atomic E-state index is -0.646. The molecule has 8 heteroatoms. The van der Waals surface area contributed by atoms with Crippen LogP contribution in [0.4, 0.5) is 5.69 Å². The van der Waals surface area contributed by atoms with E-state index in [0.717, 1.165) is 31.5 Å². The summed E-state index contributed by atoms with van der Waals surface area (Å²) in [6, 6.07) is 22.8. The van der Waals surface area contributed by atoms with Crippen LogP contribution in [0, 0.1) is 0 Å². The van der Waals surface area contributed by atoms with Crippen molar-refractivity contribution in [1.29, 1.82) is 0 Å². The fourth-order valence-electron chi connectivity index (χ4n) is 7.47. The van der Waals surface area contributed by atoms with Gasteiger partial charge < -0.3 is 25.8 Å². The lowest BCUT2D eigenvalue weighted by atomic mass is 9.84. The molecule has 0 bridgehead atoms. The first-order valence-electron chi connectivity index (χ1n) is 16.8. The predicted molar refractivity (Wildman–Crippen MR) is 180 cm³/mol. The number of piperazine rings is 1. The van der Waals surface area contributed by atoms with Crippen LogP contribution in [0.15, 0.2) is 66.7 Å². The van der Waals surface area contributed by atoms with Crippen LogP contribution >= 0.6 is 11.6 Å². The largest absolute Gasteiger partial charge is 0.368 e. The monoisotopic (exact) mass is 625 g/mol. The highest BCUT2D eigenvalue weighted by Crippen LogP contribution is 2.32. The first-order chi connectivity index (χ1) is 22.0. The van der Waals surface area contributed by atoms with Crippen LogP contribution in [-0.4, -0.2) is 67.1 Å². The van der Waals surface area contributed by atoms with Gasteiger partial charge in [0.15, 0.2) is 0 Å². The molecule has 3 N–H and O–H groups in total. The van der Waals surface area contributed by atoms with E-state index in [1.165, 1.54) is 53.6 Å². The second-order valence-electron chi connectivity index (χ2n) is 13.3. The molecule has 45 heavy (non-hydrogen) atoms. The van der Waals surface area contributed by atoms with Gasteiger partial charge in [-0.25, -0.2) is 0 Å². The van der Waals surface area contributed by atoms with Crippen LogP contribution in [0.1, 0.15) is 53.5 Å². The lowest BCUT2D eigenvalue weighted by Crippen LogP contribution is -2.58. The summed E-state index contributed by atoms with van der Waals surface area (Å²) in [5.74, 6) is -0.148. The smallest absolute Gasteiger partial charge is 0.245 e. The number of carbonyl (C=O) groups excluding carboxylic acids is 2. The topological polar surface area (TPSA) is 76.7 Å². The molecule has 4 aliphatic rings. The van der Waals surface area contributed by atoms with Crippen molar-refractivity contribution in [3.63, 3.8) is 0 Å². The third kappa shape index (κ3) is 6.91. The maximum absolute atomic E-state index is 14.1. The second kappa shape index (κ2) is 13.5. The molecule has 2 heterocycles. The SMILES string of the molecule is O=C(N[C@H](Cc1ccc(Cl)cc1)C(=O)N1CCN(c2cccc3c2CC(NC2CCC2)CC3)CC1)[C@H]1Cc2ccccc2CN1. The number of fused-ring (bicyclic) bond motifs is 2. The van der Waals surface area contributed by atoms with E-state index >= 15 is 0 Å². The fourth-order valence-corrected chi connectivity index (χ4v) is 7.60. The molecule has 0 aromatic heterocycles. The summed E-state index contributed by atoms with van der Waals surface area (Å²) in [6.45, 7) is 3.48. The van der Waals surface area contributed by atoms with Crippen molar-refractivity contribution < 1.29 is 9.59 Å². The average molecular weight is 626 g/mol. The Morgan fingerprint density at radius 2 is 1.60 bits per heavy atom. The maximum Gasteiger partial charge on any atom is 0.245 e. The number of hydrogen-bond acceptors (Lipinski definition) is 5. The number of amides is 2. The standard InChI is InChI=1S/C37H44ClN5O2/c38-29-14-11-25(12-15-29)21-34(41-36(44)33-22-27-5-1-2-6-28(27)24-39-33)37(45)43-19-17-42(18-20-43)35-10-3-7-26-13-16-31(23-32(26)35)40-30-8-4-9-30/h1-3,5-7,10-12,14-15,30-31,33-34,39-40H,4,8-9,13,16-24H2,(H,41,44)/t31?,33-,34-/m1/s1. The van der Waals surface area contributed by atoms with E-state index in [0.29, 0.717) is 49.6 Å². The Labute approximate surface area is 271 Å². The van der Waals surface area contributed by atoms with Crippen LogP contribution in [-0.2, 0) is 41.8 Å². The van der Waals surface area contributed by atoms with E-state index in [4.69, 9.17) is 11.6 Å². The van der Waals surface area contributed by atoms with Crippen molar-refractivity contribution in [2.24, 2.45) is 0 Å². The van der Waals surface area contributed by atoms with Gasteiger partial charge in [-0.05, 0) is 84.5 Å². The Morgan fingerprint density at radius 3 is 2.36 bits per heavy atom. The van der Waals surface area contributed by atoms with Gasteiger partial charge in [0.25, 0.3) is 0 Å². The van der Waals surface area contributed by atoms with Crippen LogP contribution in [0.5, 0.6) is 0 Å². The highest BCUT2D eigenvalue weighted by molar-refractivity contribution is 6.30. The van der Waals surface area contributed by atoms with Crippen molar-refractivity contribution in [1.82, 2.24) is 20.9 Å². The lowest BCUT2D eigenvalue weighted by molar-refractivity contribution is -0.137. The zero-order chi connectivity index (χ0) is 30.8. The summed E-state index contributed by atoms with van der Waals surface area (Å²) in [4.78, 5) is 32.0. The minimum absolute atomic E-state index is 0.0194. The van der Waals surface area contributed by atoms with Gasteiger partial charge in [-0.15, -0.1) is 0 Å². The van der Waals surface area contributed by atoms with Crippen molar-refractivity contribution in [3.8, 4) is 0 Å². The third-order valence-electron chi connectivity index (χ3n) is 10.3. The van der Waals surface area contributed by atoms with Gasteiger partial charge in [-0.2, -0.15) is 0 Å². The van der Waals surface area contributed by atoms with Gasteiger partial charge in [0.05, 0.1) is 6.04 Å². The molecule has 7 nitrogen and oxygen atoms in total. The maximum atomic E-state index is 14.1. The number of anilines is 1. The van der Waals surface area contributed by atoms with Gasteiger partial charge in [0, 0.05) is 61.9 Å². The normalized spacial score (nSPS) is 22.2. The minimum Gasteiger partial charge on any atom is -0.368 e. The number of benzene rings is 3. The molecule has 2 aliphatic heterocycles. The van der Waals surface area contributed by atoms with E-state index in [9.17, 15) is 9.59 Å². The van der Waals surface area contributed by atoms with Gasteiger partial charge in [-0.1, -0.05) is 66.6 Å². The summed E-state index contributed by atoms with van der Waals surface area (Å²) >= 11 is 6.15. The summed E-state index contributed by atoms with van der Waals surface area (Å²) < 4.78 is 0. The number of nitrogens with zero attached hydrogens (tertiary/aromatic N) is 2. The molecule has 3 aromatic carbocycles. The molecule has 1 saturated carbocycles. The van der Waals surface area contributed by atoms with E-state index in [1.807, 2.05) is 41.3 Å². The lowest BCUT2D eigenvalue weighted by Gasteiger charge is -2.40. The van der Waals surface area contributed by atoms with E-state index < -0.39 is 6.04 Å². The number of nitrogens with one attached hydrogen (secondary N) is 3. The molecule has 2 aliphatic carbocycles. The summed E-state index contributed by atoms with van der Waals surface area (Å²) in [7, 11) is 0. The van der Waals surface area contributed by atoms with Crippen molar-refractivity contribution in [2.75, 3.05) is 31.1 Å². The molecule has 3 atom stereocenters. The number of carbonyl (C=O) groups is 2. The van der Waals surface area contributed by atoms with Gasteiger partial charge >= 0.3 is 0 Å². The molecular formula is C37H44ClN5O2. The number of rotatable bonds is 8. The molecule has 0 spiro atoms. The van der Waals surface area contributed by atoms with E-state index in [2.05, 4.69) is 51.2 Å². The fraction of sp³-hybridized carbons (Fsp3) is 0.459. The van der Waals surface area contributed by atoms with E-state index in [-0.39, 0.29) is 17.9 Å². The van der Waals surface area contributed by atoms with Crippen LogP contribution in [0.25, 0.3) is 0 Å². The van der Waals surface area contributed by atoms with Crippen molar-refractivity contribution in [3.05, 3.63) is 99.6 Å². The Kier molecular flexibility index (Phi) is 9.11. The number of hydrogen-bond donors (Lipinski definition) is 3. The molecule has 236 valence electrons. The van der Waals surface area contributed by atoms with Gasteiger partial charge in [0.2, 0.25) is 11.8 Å². The second-order valence-corrected chi connectivity index (χ2v) is 13.7. The Balaban J connectivity index is 1.02. The van der Waals surface area contributed by atoms with Crippen molar-refractivity contribution >= 4 is 29.1 Å². The van der Waals surface area contributed by atoms with Gasteiger partial charge in [-0.3, -0.25) is 9.59 Å². The van der Waals surface area contributed by atoms with Crippen molar-refractivity contribution in [2.45, 2.75) is 82.1 Å². The first-order valence-corrected chi connectivity index (χ1v) is 17.1. The summed E-state index contributed by atoms with van der Waals surface area (Å²) in [5, 5.41) is 11.1. The molecular weight excluding hydrogens is 582 g/mol. The van der Waals surface area contributed by atoms with Crippen LogP contribution in [0.2, 0.25) is 5.02 Å². The third-order valence-corrected chi connectivity index (χ3v) is 10.6. The molecule has 2 amide bonds. The zero-order valence-corrected chi connectivity index (χ0v) is 26.7. The highest BCUT2D eigenvalue weighted by atomic mass is 35.5. The summed E-state index contributed by atoms with van der Waals surface area (Å²) in [5.41, 5.74) is 7.66. The Hall–Kier alpha value is -3.39. The molecule has 2 fully saturated rings. The predicted octanol–water partition coefficient (Wildman–Crippen LogP) is 4.43. The molecule has 1 saturated heterocycles. The summed E-state index contributed by atoms with van der Waals surface area (Å²) in [6.07, 6.45) is 8.42. The van der Waals surface area contributed by atoms with E-state index in [1.54, 1.807) is 0 Å². The average Bonchev–Trinajstić information content (AvgIpc) is 3.06. The highest BCUT2D eigenvalue weighted by Gasteiger charge is 2.33. The molecule has 1 unspecified atom stereocenters. The molecule has 3 aromatic rings.